The molecular weight excluding hydrogens is 356 g/mol. The molecule has 24 heavy (non-hydrogen) atoms. The van der Waals surface area contributed by atoms with Gasteiger partial charge in [0.25, 0.3) is 0 Å². The number of carbonyl (C=O) groups excluding carboxylic acids is 2. The van der Waals surface area contributed by atoms with E-state index in [2.05, 4.69) is 0 Å². The SMILES string of the molecule is CCOC(=O)C1(C(=O)OCC)[C@@H](c2cccc(Cl)c2)[C@@H]1S(C)(=O)=O. The molecule has 1 aliphatic carbocycles. The molecule has 0 spiro atoms. The lowest BCUT2D eigenvalue weighted by molar-refractivity contribution is -0.164. The van der Waals surface area contributed by atoms with Gasteiger partial charge < -0.3 is 9.47 Å². The minimum absolute atomic E-state index is 0.0265. The van der Waals surface area contributed by atoms with E-state index in [9.17, 15) is 18.0 Å². The zero-order valence-corrected chi connectivity index (χ0v) is 15.2. The number of carbonyl (C=O) groups is 2. The Morgan fingerprint density at radius 2 is 1.71 bits per heavy atom. The molecule has 8 heteroatoms. The van der Waals surface area contributed by atoms with Crippen molar-refractivity contribution in [2.45, 2.75) is 25.0 Å². The highest BCUT2D eigenvalue weighted by Crippen LogP contribution is 2.64. The number of rotatable bonds is 6. The Hall–Kier alpha value is -1.60. The van der Waals surface area contributed by atoms with E-state index in [1.165, 1.54) is 0 Å². The van der Waals surface area contributed by atoms with Gasteiger partial charge in [-0.05, 0) is 31.5 Å². The summed E-state index contributed by atoms with van der Waals surface area (Å²) in [5, 5.41) is -0.852. The summed E-state index contributed by atoms with van der Waals surface area (Å²) in [5.41, 5.74) is -1.40. The predicted molar refractivity (Wildman–Crippen MR) is 88.5 cm³/mol. The number of benzene rings is 1. The molecule has 1 aromatic carbocycles. The molecule has 2 atom stereocenters. The van der Waals surface area contributed by atoms with Crippen molar-refractivity contribution in [3.63, 3.8) is 0 Å². The van der Waals surface area contributed by atoms with Crippen molar-refractivity contribution in [3.8, 4) is 0 Å². The lowest BCUT2D eigenvalue weighted by Crippen LogP contribution is -2.35. The van der Waals surface area contributed by atoms with Gasteiger partial charge in [0, 0.05) is 17.2 Å². The number of halogens is 1. The van der Waals surface area contributed by atoms with Crippen LogP contribution in [0.15, 0.2) is 24.3 Å². The summed E-state index contributed by atoms with van der Waals surface area (Å²) in [7, 11) is -3.72. The average molecular weight is 375 g/mol. The molecule has 2 rings (SSSR count). The summed E-state index contributed by atoms with van der Waals surface area (Å²) in [6, 6.07) is 6.44. The molecule has 0 N–H and O–H groups in total. The molecular formula is C16H19ClO6S. The van der Waals surface area contributed by atoms with Crippen molar-refractivity contribution < 1.29 is 27.5 Å². The molecule has 1 saturated carbocycles. The van der Waals surface area contributed by atoms with E-state index in [-0.39, 0.29) is 13.2 Å². The molecule has 1 fully saturated rings. The minimum Gasteiger partial charge on any atom is -0.465 e. The van der Waals surface area contributed by atoms with Crippen LogP contribution in [0.4, 0.5) is 0 Å². The number of hydrogen-bond acceptors (Lipinski definition) is 6. The van der Waals surface area contributed by atoms with Gasteiger partial charge in [-0.2, -0.15) is 0 Å². The first-order chi connectivity index (χ1) is 11.2. The van der Waals surface area contributed by atoms with Crippen LogP contribution >= 0.6 is 11.6 Å². The van der Waals surface area contributed by atoms with Crippen LogP contribution in [0.2, 0.25) is 5.02 Å². The first-order valence-electron chi connectivity index (χ1n) is 7.50. The van der Waals surface area contributed by atoms with Crippen LogP contribution < -0.4 is 0 Å². The molecule has 0 aromatic heterocycles. The highest BCUT2D eigenvalue weighted by molar-refractivity contribution is 7.91. The van der Waals surface area contributed by atoms with Gasteiger partial charge in [0.2, 0.25) is 0 Å². The van der Waals surface area contributed by atoms with Gasteiger partial charge in [0.15, 0.2) is 15.3 Å². The molecule has 0 aliphatic heterocycles. The van der Waals surface area contributed by atoms with Crippen molar-refractivity contribution in [1.82, 2.24) is 0 Å². The smallest absolute Gasteiger partial charge is 0.325 e. The standard InChI is InChI=1S/C16H19ClO6S/c1-4-22-14(18)16(15(19)23-5-2)12(13(16)24(3,20)21)10-7-6-8-11(17)9-10/h6-9,12-13H,4-5H2,1-3H3/t12-,13-/m0/s1. The van der Waals surface area contributed by atoms with Gasteiger partial charge in [-0.15, -0.1) is 0 Å². The lowest BCUT2D eigenvalue weighted by Gasteiger charge is -2.15. The number of ether oxygens (including phenoxy) is 2. The largest absolute Gasteiger partial charge is 0.465 e. The maximum absolute atomic E-state index is 12.5. The molecule has 1 aromatic rings. The molecule has 0 radical (unpaired) electrons. The second-order valence-corrected chi connectivity index (χ2v) is 8.20. The van der Waals surface area contributed by atoms with Crippen molar-refractivity contribution in [2.24, 2.45) is 5.41 Å². The maximum atomic E-state index is 12.5. The van der Waals surface area contributed by atoms with E-state index >= 15 is 0 Å². The fraction of sp³-hybridized carbons (Fsp3) is 0.500. The fourth-order valence-electron chi connectivity index (χ4n) is 3.15. The molecule has 0 bridgehead atoms. The normalized spacial score (nSPS) is 21.8. The van der Waals surface area contributed by atoms with E-state index in [0.717, 1.165) is 6.26 Å². The fourth-order valence-corrected chi connectivity index (χ4v) is 5.15. The molecule has 0 heterocycles. The third-order valence-electron chi connectivity index (χ3n) is 4.03. The average Bonchev–Trinajstić information content (AvgIpc) is 3.19. The van der Waals surface area contributed by atoms with Crippen molar-refractivity contribution in [3.05, 3.63) is 34.9 Å². The lowest BCUT2D eigenvalue weighted by atomic mass is 9.99. The second kappa shape index (κ2) is 6.72. The van der Waals surface area contributed by atoms with Crippen molar-refractivity contribution in [1.29, 1.82) is 0 Å². The number of hydrogen-bond donors (Lipinski definition) is 0. The first-order valence-corrected chi connectivity index (χ1v) is 9.83. The van der Waals surface area contributed by atoms with E-state index in [1.807, 2.05) is 0 Å². The van der Waals surface area contributed by atoms with Gasteiger partial charge in [-0.25, -0.2) is 8.42 Å². The van der Waals surface area contributed by atoms with Crippen LogP contribution in [-0.4, -0.2) is 45.1 Å². The van der Waals surface area contributed by atoms with Crippen LogP contribution in [0.1, 0.15) is 25.3 Å². The topological polar surface area (TPSA) is 86.7 Å². The van der Waals surface area contributed by atoms with Gasteiger partial charge in [0.1, 0.15) is 0 Å². The van der Waals surface area contributed by atoms with E-state index in [4.69, 9.17) is 21.1 Å². The highest BCUT2D eigenvalue weighted by atomic mass is 35.5. The summed E-state index contributed by atoms with van der Waals surface area (Å²) in [5.74, 6) is -2.66. The van der Waals surface area contributed by atoms with Crippen molar-refractivity contribution >= 4 is 33.4 Å². The second-order valence-electron chi connectivity index (χ2n) is 5.59. The summed E-state index contributed by atoms with van der Waals surface area (Å²) in [6.45, 7) is 3.23. The van der Waals surface area contributed by atoms with Crippen LogP contribution in [0, 0.1) is 5.41 Å². The quantitative estimate of drug-likeness (QED) is 0.558. The molecule has 1 aliphatic rings. The zero-order chi connectivity index (χ0) is 18.1. The van der Waals surface area contributed by atoms with Crippen LogP contribution in [0.25, 0.3) is 0 Å². The Labute approximate surface area is 146 Å². The summed E-state index contributed by atoms with van der Waals surface area (Å²) >= 11 is 5.97. The number of esters is 2. The van der Waals surface area contributed by atoms with Gasteiger partial charge in [0.05, 0.1) is 18.5 Å². The molecule has 6 nitrogen and oxygen atoms in total. The van der Waals surface area contributed by atoms with Crippen LogP contribution in [0.3, 0.4) is 0 Å². The third-order valence-corrected chi connectivity index (χ3v) is 5.83. The molecule has 0 saturated heterocycles. The maximum Gasteiger partial charge on any atom is 0.325 e. The number of sulfone groups is 1. The highest BCUT2D eigenvalue weighted by Gasteiger charge is 2.81. The van der Waals surface area contributed by atoms with Gasteiger partial charge in [-0.3, -0.25) is 9.59 Å². The Morgan fingerprint density at radius 3 is 2.12 bits per heavy atom. The van der Waals surface area contributed by atoms with Crippen molar-refractivity contribution in [2.75, 3.05) is 19.5 Å². The summed E-state index contributed by atoms with van der Waals surface area (Å²) < 4.78 is 34.5. The van der Waals surface area contributed by atoms with Crippen LogP contribution in [0.5, 0.6) is 0 Å². The van der Waals surface area contributed by atoms with E-state index < -0.39 is 38.4 Å². The zero-order valence-electron chi connectivity index (χ0n) is 13.6. The Balaban J connectivity index is 2.61. The molecule has 0 unspecified atom stereocenters. The minimum atomic E-state index is -3.72. The Kier molecular flexibility index (Phi) is 5.25. The van der Waals surface area contributed by atoms with Crippen LogP contribution in [-0.2, 0) is 28.9 Å². The predicted octanol–water partition coefficient (Wildman–Crippen LogP) is 1.96. The Bertz CT molecular complexity index is 740. The van der Waals surface area contributed by atoms with Gasteiger partial charge >= 0.3 is 11.9 Å². The Morgan fingerprint density at radius 1 is 1.17 bits per heavy atom. The molecule has 0 amide bonds. The first kappa shape index (κ1) is 18.7. The summed E-state index contributed by atoms with van der Waals surface area (Å²) in [4.78, 5) is 25.1. The monoisotopic (exact) mass is 374 g/mol. The third kappa shape index (κ3) is 3.02. The van der Waals surface area contributed by atoms with E-state index in [0.29, 0.717) is 10.6 Å². The summed E-state index contributed by atoms with van der Waals surface area (Å²) in [6.07, 6.45) is 0.995. The molecule has 132 valence electrons. The van der Waals surface area contributed by atoms with Gasteiger partial charge in [-0.1, -0.05) is 23.7 Å². The van der Waals surface area contributed by atoms with E-state index in [1.54, 1.807) is 38.1 Å².